The number of amides is 1. The van der Waals surface area contributed by atoms with E-state index in [0.717, 1.165) is 0 Å². The SMILES string of the molecule is CC(O)CN(C(=O)Cc1ccc(O)cc1Cl)C(C)C. The lowest BCUT2D eigenvalue weighted by Gasteiger charge is -2.28. The summed E-state index contributed by atoms with van der Waals surface area (Å²) in [6.07, 6.45) is -0.411. The Labute approximate surface area is 118 Å². The van der Waals surface area contributed by atoms with Crippen LogP contribution in [-0.4, -0.2) is 39.7 Å². The van der Waals surface area contributed by atoms with Gasteiger partial charge in [0.15, 0.2) is 0 Å². The molecule has 0 bridgehead atoms. The Bertz CT molecular complexity index is 446. The number of nitrogens with zero attached hydrogens (tertiary/aromatic N) is 1. The zero-order valence-corrected chi connectivity index (χ0v) is 12.2. The summed E-state index contributed by atoms with van der Waals surface area (Å²) < 4.78 is 0. The first-order valence-corrected chi connectivity index (χ1v) is 6.64. The minimum Gasteiger partial charge on any atom is -0.508 e. The van der Waals surface area contributed by atoms with Gasteiger partial charge in [0.2, 0.25) is 5.91 Å². The molecule has 0 aliphatic carbocycles. The van der Waals surface area contributed by atoms with Gasteiger partial charge in [0.1, 0.15) is 5.75 Å². The smallest absolute Gasteiger partial charge is 0.227 e. The third-order valence-electron chi connectivity index (χ3n) is 2.78. The molecule has 0 fully saturated rings. The second kappa shape index (κ2) is 6.78. The van der Waals surface area contributed by atoms with Crippen LogP contribution in [0.5, 0.6) is 5.75 Å². The number of aliphatic hydroxyl groups is 1. The van der Waals surface area contributed by atoms with Gasteiger partial charge in [0.05, 0.1) is 12.5 Å². The molecule has 1 aromatic carbocycles. The minimum atomic E-state index is -0.568. The number of hydrogen-bond acceptors (Lipinski definition) is 3. The fourth-order valence-corrected chi connectivity index (χ4v) is 2.07. The van der Waals surface area contributed by atoms with Gasteiger partial charge >= 0.3 is 0 Å². The summed E-state index contributed by atoms with van der Waals surface area (Å²) in [7, 11) is 0. The average molecular weight is 286 g/mol. The van der Waals surface area contributed by atoms with Crippen LogP contribution in [0.1, 0.15) is 26.3 Å². The number of halogens is 1. The van der Waals surface area contributed by atoms with Crippen molar-refractivity contribution in [1.29, 1.82) is 0 Å². The first kappa shape index (κ1) is 15.8. The van der Waals surface area contributed by atoms with Crippen molar-refractivity contribution in [2.45, 2.75) is 39.3 Å². The number of phenols is 1. The largest absolute Gasteiger partial charge is 0.508 e. The molecule has 1 aromatic rings. The molecular formula is C14H20ClNO3. The van der Waals surface area contributed by atoms with E-state index in [2.05, 4.69) is 0 Å². The van der Waals surface area contributed by atoms with Crippen LogP contribution >= 0.6 is 11.6 Å². The van der Waals surface area contributed by atoms with Crippen LogP contribution in [0.25, 0.3) is 0 Å². The molecule has 1 amide bonds. The van der Waals surface area contributed by atoms with E-state index in [1.807, 2.05) is 13.8 Å². The standard InChI is InChI=1S/C14H20ClNO3/c1-9(2)16(8-10(3)17)14(19)6-11-4-5-12(18)7-13(11)15/h4-5,7,9-10,17-18H,6,8H2,1-3H3. The van der Waals surface area contributed by atoms with Gasteiger partial charge in [-0.15, -0.1) is 0 Å². The fourth-order valence-electron chi connectivity index (χ4n) is 1.83. The Kier molecular flexibility index (Phi) is 5.63. The van der Waals surface area contributed by atoms with Crippen LogP contribution in [0, 0.1) is 0 Å². The summed E-state index contributed by atoms with van der Waals surface area (Å²) in [4.78, 5) is 13.8. The number of hydrogen-bond donors (Lipinski definition) is 2. The monoisotopic (exact) mass is 285 g/mol. The van der Waals surface area contributed by atoms with Crippen LogP contribution in [-0.2, 0) is 11.2 Å². The van der Waals surface area contributed by atoms with Gasteiger partial charge in [-0.05, 0) is 38.5 Å². The first-order chi connectivity index (χ1) is 8.81. The van der Waals surface area contributed by atoms with Gasteiger partial charge in [0.25, 0.3) is 0 Å². The summed E-state index contributed by atoms with van der Waals surface area (Å²) >= 11 is 5.98. The minimum absolute atomic E-state index is 0.0120. The Morgan fingerprint density at radius 1 is 1.37 bits per heavy atom. The van der Waals surface area contributed by atoms with Crippen LogP contribution in [0.2, 0.25) is 5.02 Å². The molecular weight excluding hydrogens is 266 g/mol. The summed E-state index contributed by atoms with van der Waals surface area (Å²) in [6, 6.07) is 4.57. The number of aromatic hydroxyl groups is 1. The zero-order valence-electron chi connectivity index (χ0n) is 11.4. The zero-order chi connectivity index (χ0) is 14.6. The molecule has 0 radical (unpaired) electrons. The van der Waals surface area contributed by atoms with Gasteiger partial charge in [-0.1, -0.05) is 17.7 Å². The average Bonchev–Trinajstić information content (AvgIpc) is 2.29. The number of carbonyl (C=O) groups excluding carboxylic acids is 1. The molecule has 0 spiro atoms. The number of carbonyl (C=O) groups is 1. The highest BCUT2D eigenvalue weighted by molar-refractivity contribution is 6.31. The molecule has 0 aliphatic heterocycles. The van der Waals surface area contributed by atoms with Crippen LogP contribution in [0.4, 0.5) is 0 Å². The van der Waals surface area contributed by atoms with Crippen molar-refractivity contribution < 1.29 is 15.0 Å². The molecule has 0 heterocycles. The van der Waals surface area contributed by atoms with Crippen molar-refractivity contribution in [3.05, 3.63) is 28.8 Å². The normalized spacial score (nSPS) is 12.5. The third kappa shape index (κ3) is 4.73. The van der Waals surface area contributed by atoms with E-state index in [9.17, 15) is 15.0 Å². The van der Waals surface area contributed by atoms with Crippen LogP contribution in [0.3, 0.4) is 0 Å². The van der Waals surface area contributed by atoms with Gasteiger partial charge in [-0.25, -0.2) is 0 Å². The van der Waals surface area contributed by atoms with Gasteiger partial charge in [-0.3, -0.25) is 4.79 Å². The Morgan fingerprint density at radius 3 is 2.47 bits per heavy atom. The highest BCUT2D eigenvalue weighted by Gasteiger charge is 2.19. The molecule has 1 atom stereocenters. The summed E-state index contributed by atoms with van der Waals surface area (Å²) in [5.74, 6) is -0.0191. The molecule has 0 aliphatic rings. The molecule has 1 rings (SSSR count). The van der Waals surface area contributed by atoms with Crippen molar-refractivity contribution >= 4 is 17.5 Å². The van der Waals surface area contributed by atoms with Crippen molar-refractivity contribution in [2.75, 3.05) is 6.54 Å². The Hall–Kier alpha value is -1.26. The van der Waals surface area contributed by atoms with Crippen molar-refractivity contribution in [1.82, 2.24) is 4.90 Å². The van der Waals surface area contributed by atoms with Crippen molar-refractivity contribution in [3.63, 3.8) is 0 Å². The molecule has 1 unspecified atom stereocenters. The van der Waals surface area contributed by atoms with E-state index in [1.165, 1.54) is 12.1 Å². The fraction of sp³-hybridized carbons (Fsp3) is 0.500. The molecule has 19 heavy (non-hydrogen) atoms. The van der Waals surface area contributed by atoms with E-state index < -0.39 is 6.10 Å². The number of rotatable bonds is 5. The van der Waals surface area contributed by atoms with E-state index in [4.69, 9.17) is 11.6 Å². The molecule has 5 heteroatoms. The maximum Gasteiger partial charge on any atom is 0.227 e. The molecule has 4 nitrogen and oxygen atoms in total. The van der Waals surface area contributed by atoms with Crippen LogP contribution < -0.4 is 0 Å². The molecule has 0 saturated carbocycles. The second-order valence-corrected chi connectivity index (χ2v) is 5.35. The predicted octanol–water partition coefficient (Wildman–Crippen LogP) is 2.21. The van der Waals surface area contributed by atoms with E-state index >= 15 is 0 Å². The number of benzene rings is 1. The lowest BCUT2D eigenvalue weighted by Crippen LogP contribution is -2.42. The summed E-state index contributed by atoms with van der Waals surface area (Å²) in [5.41, 5.74) is 0.667. The third-order valence-corrected chi connectivity index (χ3v) is 3.13. The van der Waals surface area contributed by atoms with E-state index in [0.29, 0.717) is 17.1 Å². The molecule has 2 N–H and O–H groups in total. The number of aliphatic hydroxyl groups excluding tert-OH is 1. The summed E-state index contributed by atoms with van der Waals surface area (Å²) in [5, 5.41) is 19.1. The van der Waals surface area contributed by atoms with Crippen LogP contribution in [0.15, 0.2) is 18.2 Å². The quantitative estimate of drug-likeness (QED) is 0.872. The maximum absolute atomic E-state index is 12.2. The lowest BCUT2D eigenvalue weighted by atomic mass is 10.1. The van der Waals surface area contributed by atoms with Gasteiger partial charge in [-0.2, -0.15) is 0 Å². The highest BCUT2D eigenvalue weighted by atomic mass is 35.5. The molecule has 106 valence electrons. The van der Waals surface area contributed by atoms with Crippen molar-refractivity contribution in [3.8, 4) is 5.75 Å². The predicted molar refractivity (Wildman–Crippen MR) is 75.4 cm³/mol. The van der Waals surface area contributed by atoms with Crippen molar-refractivity contribution in [2.24, 2.45) is 0 Å². The number of phenolic OH excluding ortho intramolecular Hbond substituents is 1. The van der Waals surface area contributed by atoms with Gasteiger partial charge in [0, 0.05) is 17.6 Å². The van der Waals surface area contributed by atoms with E-state index in [1.54, 1.807) is 17.9 Å². The lowest BCUT2D eigenvalue weighted by molar-refractivity contribution is -0.133. The van der Waals surface area contributed by atoms with Gasteiger partial charge < -0.3 is 15.1 Å². The van der Waals surface area contributed by atoms with E-state index in [-0.39, 0.29) is 24.1 Å². The Balaban J connectivity index is 2.81. The Morgan fingerprint density at radius 2 is 2.00 bits per heavy atom. The topological polar surface area (TPSA) is 60.8 Å². The summed E-state index contributed by atoms with van der Waals surface area (Å²) in [6.45, 7) is 5.75. The molecule has 0 saturated heterocycles. The second-order valence-electron chi connectivity index (χ2n) is 4.94. The highest BCUT2D eigenvalue weighted by Crippen LogP contribution is 2.22. The molecule has 0 aromatic heterocycles. The first-order valence-electron chi connectivity index (χ1n) is 6.26. The maximum atomic E-state index is 12.2.